The van der Waals surface area contributed by atoms with Gasteiger partial charge in [-0.15, -0.1) is 11.3 Å². The molecule has 1 amide bonds. The topological polar surface area (TPSA) is 62.7 Å². The van der Waals surface area contributed by atoms with E-state index in [0.29, 0.717) is 6.54 Å². The van der Waals surface area contributed by atoms with E-state index in [1.54, 1.807) is 0 Å². The lowest BCUT2D eigenvalue weighted by Gasteiger charge is -2.26. The van der Waals surface area contributed by atoms with E-state index in [-0.39, 0.29) is 13.2 Å². The number of hydrogen-bond donors (Lipinski definition) is 1. The van der Waals surface area contributed by atoms with Crippen molar-refractivity contribution in [2.24, 2.45) is 0 Å². The van der Waals surface area contributed by atoms with E-state index in [1.165, 1.54) is 16.2 Å². The molecule has 0 aromatic carbocycles. The van der Waals surface area contributed by atoms with Crippen molar-refractivity contribution in [1.82, 2.24) is 9.88 Å². The van der Waals surface area contributed by atoms with E-state index in [4.69, 9.17) is 9.84 Å². The van der Waals surface area contributed by atoms with E-state index < -0.39 is 11.7 Å². The second-order valence-corrected chi connectivity index (χ2v) is 6.05. The second-order valence-electron chi connectivity index (χ2n) is 4.98. The van der Waals surface area contributed by atoms with E-state index in [2.05, 4.69) is 4.98 Å². The van der Waals surface area contributed by atoms with E-state index in [9.17, 15) is 4.79 Å². The summed E-state index contributed by atoms with van der Waals surface area (Å²) in [6.07, 6.45) is -0.429. The first-order valence-electron chi connectivity index (χ1n) is 5.81. The first kappa shape index (κ1) is 14.9. The molecule has 1 rings (SSSR count). The van der Waals surface area contributed by atoms with Crippen LogP contribution in [-0.4, -0.2) is 39.8 Å². The summed E-state index contributed by atoms with van der Waals surface area (Å²) < 4.78 is 5.28. The van der Waals surface area contributed by atoms with Crippen molar-refractivity contribution in [3.05, 3.63) is 16.1 Å². The van der Waals surface area contributed by atoms with Crippen LogP contribution in [0.5, 0.6) is 0 Å². The van der Waals surface area contributed by atoms with Gasteiger partial charge < -0.3 is 9.84 Å². The van der Waals surface area contributed by atoms with Gasteiger partial charge in [-0.25, -0.2) is 9.78 Å². The Morgan fingerprint density at radius 2 is 2.22 bits per heavy atom. The molecule has 18 heavy (non-hydrogen) atoms. The smallest absolute Gasteiger partial charge is 0.410 e. The number of carbonyl (C=O) groups excluding carboxylic acids is 1. The molecule has 0 aliphatic rings. The Balaban J connectivity index is 2.67. The number of carbonyl (C=O) groups is 1. The van der Waals surface area contributed by atoms with Gasteiger partial charge in [0.1, 0.15) is 5.60 Å². The minimum atomic E-state index is -0.539. The molecule has 5 nitrogen and oxygen atoms in total. The van der Waals surface area contributed by atoms with Crippen LogP contribution in [0.25, 0.3) is 0 Å². The van der Waals surface area contributed by atoms with Crippen molar-refractivity contribution in [2.45, 2.75) is 39.8 Å². The lowest BCUT2D eigenvalue weighted by Crippen LogP contribution is -2.38. The summed E-state index contributed by atoms with van der Waals surface area (Å²) >= 11 is 1.54. The number of thiazole rings is 1. The maximum Gasteiger partial charge on any atom is 0.410 e. The quantitative estimate of drug-likeness (QED) is 0.912. The third-order valence-electron chi connectivity index (χ3n) is 2.04. The van der Waals surface area contributed by atoms with Crippen molar-refractivity contribution < 1.29 is 14.6 Å². The summed E-state index contributed by atoms with van der Waals surface area (Å²) in [5.74, 6) is 0. The van der Waals surface area contributed by atoms with Gasteiger partial charge in [0.15, 0.2) is 0 Å². The Morgan fingerprint density at radius 3 is 2.67 bits per heavy atom. The molecule has 1 aromatic rings. The first-order valence-corrected chi connectivity index (χ1v) is 6.69. The van der Waals surface area contributed by atoms with Crippen LogP contribution in [0, 0.1) is 6.92 Å². The van der Waals surface area contributed by atoms with Crippen LogP contribution in [0.3, 0.4) is 0 Å². The van der Waals surface area contributed by atoms with Crippen LogP contribution >= 0.6 is 11.3 Å². The molecule has 1 heterocycles. The molecule has 1 aromatic heterocycles. The number of aromatic nitrogens is 1. The Kier molecular flexibility index (Phi) is 5.10. The minimum Gasteiger partial charge on any atom is -0.444 e. The fourth-order valence-electron chi connectivity index (χ4n) is 1.36. The highest BCUT2D eigenvalue weighted by molar-refractivity contribution is 7.09. The number of rotatable bonds is 4. The number of aliphatic hydroxyl groups excluding tert-OH is 1. The van der Waals surface area contributed by atoms with Crippen molar-refractivity contribution in [3.8, 4) is 0 Å². The maximum atomic E-state index is 11.9. The lowest BCUT2D eigenvalue weighted by atomic mass is 10.2. The molecule has 0 spiro atoms. The van der Waals surface area contributed by atoms with Gasteiger partial charge in [-0.05, 0) is 27.7 Å². The highest BCUT2D eigenvalue weighted by Gasteiger charge is 2.22. The summed E-state index contributed by atoms with van der Waals surface area (Å²) in [6.45, 7) is 7.87. The fraction of sp³-hybridized carbons (Fsp3) is 0.667. The molecule has 0 atom stereocenters. The number of nitrogens with zero attached hydrogens (tertiary/aromatic N) is 2. The summed E-state index contributed by atoms with van der Waals surface area (Å²) in [5.41, 5.74) is 0.278. The summed E-state index contributed by atoms with van der Waals surface area (Å²) in [6, 6.07) is 0. The fourth-order valence-corrected chi connectivity index (χ4v) is 1.96. The molecule has 0 saturated carbocycles. The minimum absolute atomic E-state index is 0.0949. The van der Waals surface area contributed by atoms with Crippen molar-refractivity contribution in [1.29, 1.82) is 0 Å². The molecular weight excluding hydrogens is 252 g/mol. The maximum absolute atomic E-state index is 11.9. The zero-order valence-electron chi connectivity index (χ0n) is 11.3. The monoisotopic (exact) mass is 272 g/mol. The Bertz CT molecular complexity index is 398. The Hall–Kier alpha value is -1.14. The molecule has 0 aliphatic heterocycles. The average molecular weight is 272 g/mol. The van der Waals surface area contributed by atoms with Crippen molar-refractivity contribution in [2.75, 3.05) is 13.2 Å². The van der Waals surface area contributed by atoms with Gasteiger partial charge in [-0.1, -0.05) is 0 Å². The molecule has 0 aliphatic carbocycles. The van der Waals surface area contributed by atoms with Gasteiger partial charge >= 0.3 is 6.09 Å². The largest absolute Gasteiger partial charge is 0.444 e. The van der Waals surface area contributed by atoms with E-state index >= 15 is 0 Å². The Labute approximate surface area is 111 Å². The molecule has 102 valence electrons. The van der Waals surface area contributed by atoms with Crippen LogP contribution in [-0.2, 0) is 11.3 Å². The molecule has 0 unspecified atom stereocenters. The number of aryl methyl sites for hydroxylation is 1. The second kappa shape index (κ2) is 6.15. The summed E-state index contributed by atoms with van der Waals surface area (Å²) in [7, 11) is 0. The standard InChI is InChI=1S/C12H20N2O3S/c1-9-13-10(8-18-9)7-14(5-6-15)11(16)17-12(2,3)4/h8,15H,5-7H2,1-4H3. The summed E-state index contributed by atoms with van der Waals surface area (Å²) in [4.78, 5) is 17.7. The molecule has 1 N–H and O–H groups in total. The molecule has 0 bridgehead atoms. The van der Waals surface area contributed by atoms with Gasteiger partial charge in [0, 0.05) is 11.9 Å². The normalized spacial score (nSPS) is 11.4. The lowest BCUT2D eigenvalue weighted by molar-refractivity contribution is 0.0199. The predicted octanol–water partition coefficient (Wildman–Crippen LogP) is 2.18. The van der Waals surface area contributed by atoms with Crippen molar-refractivity contribution >= 4 is 17.4 Å². The van der Waals surface area contributed by atoms with E-state index in [0.717, 1.165) is 10.7 Å². The zero-order valence-corrected chi connectivity index (χ0v) is 12.1. The van der Waals surface area contributed by atoms with Crippen LogP contribution in [0.15, 0.2) is 5.38 Å². The van der Waals surface area contributed by atoms with E-state index in [1.807, 2.05) is 33.1 Å². The zero-order chi connectivity index (χ0) is 13.8. The van der Waals surface area contributed by atoms with Crippen molar-refractivity contribution in [3.63, 3.8) is 0 Å². The molecule has 0 saturated heterocycles. The number of aliphatic hydroxyl groups is 1. The third kappa shape index (κ3) is 5.01. The van der Waals surface area contributed by atoms with Crippen LogP contribution in [0.1, 0.15) is 31.5 Å². The molecule has 6 heteroatoms. The number of amides is 1. The van der Waals surface area contributed by atoms with Gasteiger partial charge in [-0.3, -0.25) is 4.90 Å². The molecule has 0 radical (unpaired) electrons. The highest BCUT2D eigenvalue weighted by atomic mass is 32.1. The Morgan fingerprint density at radius 1 is 1.56 bits per heavy atom. The van der Waals surface area contributed by atoms with Gasteiger partial charge in [0.25, 0.3) is 0 Å². The van der Waals surface area contributed by atoms with Crippen LogP contribution in [0.2, 0.25) is 0 Å². The highest BCUT2D eigenvalue weighted by Crippen LogP contribution is 2.14. The molecular formula is C12H20N2O3S. The van der Waals surface area contributed by atoms with Gasteiger partial charge in [-0.2, -0.15) is 0 Å². The molecule has 0 fully saturated rings. The predicted molar refractivity (Wildman–Crippen MR) is 70.6 cm³/mol. The average Bonchev–Trinajstić information content (AvgIpc) is 2.61. The van der Waals surface area contributed by atoms with Crippen LogP contribution in [0.4, 0.5) is 4.79 Å². The van der Waals surface area contributed by atoms with Gasteiger partial charge in [0.05, 0.1) is 23.9 Å². The third-order valence-corrected chi connectivity index (χ3v) is 2.86. The summed E-state index contributed by atoms with van der Waals surface area (Å²) in [5, 5.41) is 11.9. The first-order chi connectivity index (χ1) is 8.31. The number of hydrogen-bond acceptors (Lipinski definition) is 5. The van der Waals surface area contributed by atoms with Gasteiger partial charge in [0.2, 0.25) is 0 Å². The SMILES string of the molecule is Cc1nc(CN(CCO)C(=O)OC(C)(C)C)cs1. The van der Waals surface area contributed by atoms with Crippen LogP contribution < -0.4 is 0 Å². The number of ether oxygens (including phenoxy) is 1.